The largest absolute Gasteiger partial charge is 0.355 e. The van der Waals surface area contributed by atoms with Crippen LogP contribution in [0.15, 0.2) is 60.1 Å². The molecule has 0 bridgehead atoms. The standard InChI is InChI=1S/C20H18N4S/c1-2-4-15(5-3-1)20(8-9-20)13-22-19-23-16-7-6-14(12-17(16)24-19)18-21-10-11-25-18/h1-7,10-12H,8-9,13H2,(H2,22,23,24). The van der Waals surface area contributed by atoms with Crippen molar-refractivity contribution in [1.82, 2.24) is 15.0 Å². The molecule has 0 unspecified atom stereocenters. The van der Waals surface area contributed by atoms with E-state index in [9.17, 15) is 0 Å². The lowest BCUT2D eigenvalue weighted by Gasteiger charge is -2.16. The van der Waals surface area contributed by atoms with E-state index >= 15 is 0 Å². The number of hydrogen-bond acceptors (Lipinski definition) is 4. The summed E-state index contributed by atoms with van der Waals surface area (Å²) in [6, 6.07) is 17.0. The summed E-state index contributed by atoms with van der Waals surface area (Å²) in [4.78, 5) is 12.5. The predicted molar refractivity (Wildman–Crippen MR) is 103 cm³/mol. The number of imidazole rings is 1. The minimum Gasteiger partial charge on any atom is -0.355 e. The fraction of sp³-hybridized carbons (Fsp3) is 0.200. The Hall–Kier alpha value is -2.66. The highest BCUT2D eigenvalue weighted by Gasteiger charge is 2.43. The van der Waals surface area contributed by atoms with Gasteiger partial charge in [-0.1, -0.05) is 30.3 Å². The minimum atomic E-state index is 0.270. The fourth-order valence-electron chi connectivity index (χ4n) is 3.36. The van der Waals surface area contributed by atoms with Gasteiger partial charge in [0.15, 0.2) is 0 Å². The zero-order chi connectivity index (χ0) is 16.7. The van der Waals surface area contributed by atoms with Crippen LogP contribution in [0.25, 0.3) is 21.6 Å². The SMILES string of the molecule is c1ccc(C2(CNc3nc4ccc(-c5nccs5)cc4[nH]3)CC2)cc1. The minimum absolute atomic E-state index is 0.270. The Bertz CT molecular complexity index is 1000. The van der Waals surface area contributed by atoms with Crippen LogP contribution in [0.5, 0.6) is 0 Å². The Morgan fingerprint density at radius 3 is 2.76 bits per heavy atom. The summed E-state index contributed by atoms with van der Waals surface area (Å²) in [5.74, 6) is 0.841. The maximum Gasteiger partial charge on any atom is 0.201 e. The molecule has 2 heterocycles. The summed E-state index contributed by atoms with van der Waals surface area (Å²) in [6.45, 7) is 0.913. The second kappa shape index (κ2) is 5.70. The van der Waals surface area contributed by atoms with Crippen LogP contribution < -0.4 is 5.32 Å². The van der Waals surface area contributed by atoms with E-state index in [1.54, 1.807) is 11.3 Å². The zero-order valence-electron chi connectivity index (χ0n) is 13.7. The molecule has 4 nitrogen and oxygen atoms in total. The summed E-state index contributed by atoms with van der Waals surface area (Å²) in [6.07, 6.45) is 4.31. The molecule has 0 spiro atoms. The van der Waals surface area contributed by atoms with E-state index < -0.39 is 0 Å². The van der Waals surface area contributed by atoms with E-state index in [1.165, 1.54) is 18.4 Å². The van der Waals surface area contributed by atoms with Crippen molar-refractivity contribution in [3.8, 4) is 10.6 Å². The van der Waals surface area contributed by atoms with Gasteiger partial charge in [0, 0.05) is 29.1 Å². The summed E-state index contributed by atoms with van der Waals surface area (Å²) in [5, 5.41) is 6.54. The van der Waals surface area contributed by atoms with Crippen molar-refractivity contribution < 1.29 is 0 Å². The van der Waals surface area contributed by atoms with Crippen molar-refractivity contribution in [2.24, 2.45) is 0 Å². The van der Waals surface area contributed by atoms with Crippen LogP contribution in [-0.2, 0) is 5.41 Å². The molecule has 124 valence electrons. The summed E-state index contributed by atoms with van der Waals surface area (Å²) < 4.78 is 0. The first-order chi connectivity index (χ1) is 12.3. The zero-order valence-corrected chi connectivity index (χ0v) is 14.5. The number of nitrogens with one attached hydrogen (secondary N) is 2. The van der Waals surface area contributed by atoms with Crippen LogP contribution in [0.2, 0.25) is 0 Å². The average molecular weight is 346 g/mol. The fourth-order valence-corrected chi connectivity index (χ4v) is 3.99. The number of thiazole rings is 1. The van der Waals surface area contributed by atoms with Crippen LogP contribution in [0.1, 0.15) is 18.4 Å². The summed E-state index contributed by atoms with van der Waals surface area (Å²) in [5.41, 5.74) is 4.84. The van der Waals surface area contributed by atoms with Crippen LogP contribution in [0, 0.1) is 0 Å². The van der Waals surface area contributed by atoms with Crippen molar-refractivity contribution >= 4 is 28.3 Å². The van der Waals surface area contributed by atoms with Crippen molar-refractivity contribution in [3.63, 3.8) is 0 Å². The molecule has 2 N–H and O–H groups in total. The molecule has 1 aliphatic carbocycles. The van der Waals surface area contributed by atoms with Gasteiger partial charge in [0.1, 0.15) is 5.01 Å². The number of nitrogens with zero attached hydrogens (tertiary/aromatic N) is 2. The summed E-state index contributed by atoms with van der Waals surface area (Å²) in [7, 11) is 0. The molecule has 4 aromatic rings. The molecule has 2 aromatic carbocycles. The molecule has 2 aromatic heterocycles. The van der Waals surface area contributed by atoms with Gasteiger partial charge in [-0.15, -0.1) is 11.3 Å². The van der Waals surface area contributed by atoms with Gasteiger partial charge in [0.2, 0.25) is 5.95 Å². The number of benzene rings is 2. The van der Waals surface area contributed by atoms with Gasteiger partial charge in [0.25, 0.3) is 0 Å². The Kier molecular flexibility index (Phi) is 3.35. The third-order valence-corrected chi connectivity index (χ3v) is 5.82. The maximum absolute atomic E-state index is 4.68. The van der Waals surface area contributed by atoms with E-state index in [4.69, 9.17) is 0 Å². The second-order valence-corrected chi connectivity index (χ2v) is 7.55. The number of fused-ring (bicyclic) bond motifs is 1. The number of H-pyrrole nitrogens is 1. The van der Waals surface area contributed by atoms with E-state index in [1.807, 2.05) is 11.6 Å². The molecule has 1 fully saturated rings. The summed E-state index contributed by atoms with van der Waals surface area (Å²) >= 11 is 1.65. The smallest absolute Gasteiger partial charge is 0.201 e. The Labute approximate surface area is 150 Å². The number of aromatic amines is 1. The molecule has 0 saturated heterocycles. The molecule has 1 saturated carbocycles. The first kappa shape index (κ1) is 14.7. The van der Waals surface area contributed by atoms with Crippen molar-refractivity contribution in [2.75, 3.05) is 11.9 Å². The Balaban J connectivity index is 1.37. The van der Waals surface area contributed by atoms with Crippen molar-refractivity contribution in [2.45, 2.75) is 18.3 Å². The van der Waals surface area contributed by atoms with Crippen LogP contribution >= 0.6 is 11.3 Å². The number of rotatable bonds is 5. The van der Waals surface area contributed by atoms with Gasteiger partial charge in [-0.2, -0.15) is 0 Å². The highest BCUT2D eigenvalue weighted by Crippen LogP contribution is 2.48. The van der Waals surface area contributed by atoms with Gasteiger partial charge in [-0.25, -0.2) is 9.97 Å². The molecule has 1 aliphatic rings. The van der Waals surface area contributed by atoms with Crippen LogP contribution in [0.4, 0.5) is 5.95 Å². The van der Waals surface area contributed by atoms with E-state index in [2.05, 4.69) is 68.8 Å². The molecular weight excluding hydrogens is 328 g/mol. The van der Waals surface area contributed by atoms with Gasteiger partial charge in [0.05, 0.1) is 11.0 Å². The van der Waals surface area contributed by atoms with Gasteiger partial charge < -0.3 is 10.3 Å². The topological polar surface area (TPSA) is 53.6 Å². The van der Waals surface area contributed by atoms with Gasteiger partial charge >= 0.3 is 0 Å². The monoisotopic (exact) mass is 346 g/mol. The molecule has 5 heteroatoms. The highest BCUT2D eigenvalue weighted by atomic mass is 32.1. The van der Waals surface area contributed by atoms with Crippen LogP contribution in [0.3, 0.4) is 0 Å². The molecule has 0 amide bonds. The third kappa shape index (κ3) is 2.70. The first-order valence-electron chi connectivity index (χ1n) is 8.52. The van der Waals surface area contributed by atoms with Gasteiger partial charge in [-0.3, -0.25) is 0 Å². The maximum atomic E-state index is 4.68. The first-order valence-corrected chi connectivity index (χ1v) is 9.39. The number of anilines is 1. The third-order valence-electron chi connectivity index (χ3n) is 5.00. The number of hydrogen-bond donors (Lipinski definition) is 2. The van der Waals surface area contributed by atoms with E-state index in [-0.39, 0.29) is 5.41 Å². The molecule has 25 heavy (non-hydrogen) atoms. The quantitative estimate of drug-likeness (QED) is 0.544. The lowest BCUT2D eigenvalue weighted by atomic mass is 9.96. The predicted octanol–water partition coefficient (Wildman–Crippen LogP) is 4.83. The van der Waals surface area contributed by atoms with Crippen LogP contribution in [-0.4, -0.2) is 21.5 Å². The lowest BCUT2D eigenvalue weighted by Crippen LogP contribution is -2.20. The van der Waals surface area contributed by atoms with Gasteiger partial charge in [-0.05, 0) is 36.6 Å². The van der Waals surface area contributed by atoms with Crippen molar-refractivity contribution in [3.05, 3.63) is 65.7 Å². The average Bonchev–Trinajstić information content (AvgIpc) is 3.08. The molecule has 0 radical (unpaired) electrons. The Morgan fingerprint density at radius 2 is 2.00 bits per heavy atom. The lowest BCUT2D eigenvalue weighted by molar-refractivity contribution is 0.728. The molecular formula is C20H18N4S. The molecule has 0 aliphatic heterocycles. The highest BCUT2D eigenvalue weighted by molar-refractivity contribution is 7.13. The number of aromatic nitrogens is 3. The van der Waals surface area contributed by atoms with E-state index in [0.29, 0.717) is 0 Å². The second-order valence-electron chi connectivity index (χ2n) is 6.65. The van der Waals surface area contributed by atoms with Crippen molar-refractivity contribution in [1.29, 1.82) is 0 Å². The normalized spacial score (nSPS) is 15.4. The Morgan fingerprint density at radius 1 is 1.12 bits per heavy atom. The molecule has 5 rings (SSSR count). The van der Waals surface area contributed by atoms with E-state index in [0.717, 1.165) is 34.1 Å². The molecule has 0 atom stereocenters.